The molecule has 2 amide bonds. The molecule has 0 atom stereocenters. The summed E-state index contributed by atoms with van der Waals surface area (Å²) in [4.78, 5) is 23.6. The molecule has 0 radical (unpaired) electrons. The molecule has 1 fully saturated rings. The van der Waals surface area contributed by atoms with Crippen molar-refractivity contribution >= 4 is 34.2 Å². The van der Waals surface area contributed by atoms with Crippen molar-refractivity contribution in [3.05, 3.63) is 29.8 Å². The zero-order chi connectivity index (χ0) is 18.0. The maximum absolute atomic E-state index is 12.5. The molecule has 8 nitrogen and oxygen atoms in total. The number of benzene rings is 1. The molecule has 1 heterocycles. The van der Waals surface area contributed by atoms with Crippen molar-refractivity contribution in [1.29, 1.82) is 0 Å². The SMILES string of the molecule is CC(C)(CN)NC(=O)c1ccc(S(=O)(=O)N2CCNC(=O)C2)cc1.Cl. The van der Waals surface area contributed by atoms with Crippen LogP contribution in [0.4, 0.5) is 0 Å². The van der Waals surface area contributed by atoms with E-state index in [1.54, 1.807) is 13.8 Å². The van der Waals surface area contributed by atoms with Gasteiger partial charge in [-0.25, -0.2) is 8.42 Å². The van der Waals surface area contributed by atoms with Crippen molar-refractivity contribution in [1.82, 2.24) is 14.9 Å². The number of carbonyl (C=O) groups excluding carboxylic acids is 2. The summed E-state index contributed by atoms with van der Waals surface area (Å²) in [6, 6.07) is 5.62. The normalized spacial score (nSPS) is 15.9. The van der Waals surface area contributed by atoms with Gasteiger partial charge in [-0.05, 0) is 38.1 Å². The molecular weight excluding hydrogens is 368 g/mol. The lowest BCUT2D eigenvalue weighted by molar-refractivity contribution is -0.122. The maximum atomic E-state index is 12.5. The predicted octanol–water partition coefficient (Wildman–Crippen LogP) is -0.304. The Labute approximate surface area is 153 Å². The first-order chi connectivity index (χ1) is 11.2. The van der Waals surface area contributed by atoms with Crippen molar-refractivity contribution in [2.45, 2.75) is 24.3 Å². The summed E-state index contributed by atoms with van der Waals surface area (Å²) in [5.41, 5.74) is 5.36. The quantitative estimate of drug-likeness (QED) is 0.637. The van der Waals surface area contributed by atoms with Crippen LogP contribution >= 0.6 is 12.4 Å². The van der Waals surface area contributed by atoms with Gasteiger partial charge in [-0.2, -0.15) is 4.31 Å². The molecule has 0 aromatic heterocycles. The van der Waals surface area contributed by atoms with Crippen LogP contribution < -0.4 is 16.4 Å². The molecule has 4 N–H and O–H groups in total. The average Bonchev–Trinajstić information content (AvgIpc) is 2.54. The highest BCUT2D eigenvalue weighted by Gasteiger charge is 2.29. The van der Waals surface area contributed by atoms with Crippen molar-refractivity contribution in [3.63, 3.8) is 0 Å². The van der Waals surface area contributed by atoms with Crippen LogP contribution in [0.25, 0.3) is 0 Å². The summed E-state index contributed by atoms with van der Waals surface area (Å²) >= 11 is 0. The first kappa shape index (κ1) is 21.4. The standard InChI is InChI=1S/C15H22N4O4S.ClH/c1-15(2,10-16)18-14(21)11-3-5-12(6-4-11)24(22,23)19-8-7-17-13(20)9-19;/h3-6H,7-10,16H2,1-2H3,(H,17,20)(H,18,21);1H. The summed E-state index contributed by atoms with van der Waals surface area (Å²) in [6.07, 6.45) is 0. The Morgan fingerprint density at radius 3 is 2.44 bits per heavy atom. The van der Waals surface area contributed by atoms with Crippen LogP contribution in [0.15, 0.2) is 29.2 Å². The highest BCUT2D eigenvalue weighted by Crippen LogP contribution is 2.17. The molecular formula is C15H23ClN4O4S. The fourth-order valence-electron chi connectivity index (χ4n) is 2.18. The fraction of sp³-hybridized carbons (Fsp3) is 0.467. The van der Waals surface area contributed by atoms with Crippen LogP contribution in [0.2, 0.25) is 0 Å². The zero-order valence-corrected chi connectivity index (χ0v) is 15.7. The van der Waals surface area contributed by atoms with Gasteiger partial charge in [0, 0.05) is 30.7 Å². The Kier molecular flexibility index (Phi) is 6.95. The number of sulfonamides is 1. The lowest BCUT2D eigenvalue weighted by Gasteiger charge is -2.26. The Balaban J connectivity index is 0.00000312. The topological polar surface area (TPSA) is 122 Å². The zero-order valence-electron chi connectivity index (χ0n) is 14.1. The molecule has 25 heavy (non-hydrogen) atoms. The average molecular weight is 391 g/mol. The van der Waals surface area contributed by atoms with Crippen molar-refractivity contribution in [2.24, 2.45) is 5.73 Å². The van der Waals surface area contributed by atoms with Crippen LogP contribution in [0, 0.1) is 0 Å². The van der Waals surface area contributed by atoms with E-state index in [1.807, 2.05) is 0 Å². The molecule has 10 heteroatoms. The van der Waals surface area contributed by atoms with Gasteiger partial charge < -0.3 is 16.4 Å². The van der Waals surface area contributed by atoms with Gasteiger partial charge in [0.25, 0.3) is 5.91 Å². The van der Waals surface area contributed by atoms with Crippen molar-refractivity contribution in [3.8, 4) is 0 Å². The third-order valence-electron chi connectivity index (χ3n) is 3.72. The third kappa shape index (κ3) is 5.15. The molecule has 0 saturated carbocycles. The number of amides is 2. The third-order valence-corrected chi connectivity index (χ3v) is 5.58. The number of nitrogens with one attached hydrogen (secondary N) is 2. The monoisotopic (exact) mass is 390 g/mol. The number of halogens is 1. The Morgan fingerprint density at radius 2 is 1.92 bits per heavy atom. The Hall–Kier alpha value is -1.68. The largest absolute Gasteiger partial charge is 0.354 e. The number of rotatable bonds is 5. The fourth-order valence-corrected chi connectivity index (χ4v) is 3.58. The molecule has 1 aliphatic rings. The number of piperazine rings is 1. The van der Waals surface area contributed by atoms with Crippen LogP contribution in [0.1, 0.15) is 24.2 Å². The number of hydrogen-bond acceptors (Lipinski definition) is 5. The smallest absolute Gasteiger partial charge is 0.251 e. The van der Waals surface area contributed by atoms with E-state index >= 15 is 0 Å². The van der Waals surface area contributed by atoms with E-state index in [2.05, 4.69) is 10.6 Å². The van der Waals surface area contributed by atoms with Gasteiger partial charge in [-0.15, -0.1) is 12.4 Å². The van der Waals surface area contributed by atoms with Crippen LogP contribution in [-0.2, 0) is 14.8 Å². The highest BCUT2D eigenvalue weighted by atomic mass is 35.5. The second-order valence-corrected chi connectivity index (χ2v) is 8.19. The molecule has 1 aromatic carbocycles. The van der Waals surface area contributed by atoms with Gasteiger partial charge in [0.15, 0.2) is 0 Å². The van der Waals surface area contributed by atoms with Crippen LogP contribution in [0.5, 0.6) is 0 Å². The summed E-state index contributed by atoms with van der Waals surface area (Å²) in [6.45, 7) is 4.18. The van der Waals surface area contributed by atoms with E-state index in [0.717, 1.165) is 4.31 Å². The molecule has 1 saturated heterocycles. The summed E-state index contributed by atoms with van der Waals surface area (Å²) in [5, 5.41) is 5.35. The van der Waals surface area contributed by atoms with Crippen LogP contribution in [-0.4, -0.2) is 56.3 Å². The number of hydrogen-bond donors (Lipinski definition) is 3. The second kappa shape index (κ2) is 8.13. The van der Waals surface area contributed by atoms with E-state index in [9.17, 15) is 18.0 Å². The molecule has 0 aliphatic carbocycles. The van der Waals surface area contributed by atoms with E-state index in [4.69, 9.17) is 5.73 Å². The molecule has 140 valence electrons. The number of nitrogens with zero attached hydrogens (tertiary/aromatic N) is 1. The first-order valence-electron chi connectivity index (χ1n) is 7.55. The molecule has 2 rings (SSSR count). The van der Waals surface area contributed by atoms with Crippen molar-refractivity contribution in [2.75, 3.05) is 26.2 Å². The van der Waals surface area contributed by atoms with E-state index in [1.165, 1.54) is 24.3 Å². The molecule has 0 bridgehead atoms. The first-order valence-corrected chi connectivity index (χ1v) is 8.99. The minimum Gasteiger partial charge on any atom is -0.354 e. The van der Waals surface area contributed by atoms with Gasteiger partial charge in [-0.1, -0.05) is 0 Å². The van der Waals surface area contributed by atoms with E-state index in [-0.39, 0.29) is 55.3 Å². The Bertz CT molecular complexity index is 734. The number of nitrogens with two attached hydrogens (primary N) is 1. The lowest BCUT2D eigenvalue weighted by Crippen LogP contribution is -2.49. The van der Waals surface area contributed by atoms with E-state index in [0.29, 0.717) is 5.56 Å². The van der Waals surface area contributed by atoms with Gasteiger partial charge >= 0.3 is 0 Å². The molecule has 1 aliphatic heterocycles. The van der Waals surface area contributed by atoms with E-state index < -0.39 is 15.6 Å². The van der Waals surface area contributed by atoms with Gasteiger partial charge in [0.2, 0.25) is 15.9 Å². The molecule has 0 spiro atoms. The number of carbonyl (C=O) groups is 2. The van der Waals surface area contributed by atoms with Gasteiger partial charge in [-0.3, -0.25) is 9.59 Å². The predicted molar refractivity (Wildman–Crippen MR) is 96.1 cm³/mol. The maximum Gasteiger partial charge on any atom is 0.251 e. The summed E-state index contributed by atoms with van der Waals surface area (Å²) in [5.74, 6) is -0.656. The Morgan fingerprint density at radius 1 is 1.32 bits per heavy atom. The minimum absolute atomic E-state index is 0. The van der Waals surface area contributed by atoms with Crippen molar-refractivity contribution < 1.29 is 18.0 Å². The molecule has 0 unspecified atom stereocenters. The molecule has 1 aromatic rings. The van der Waals surface area contributed by atoms with Crippen LogP contribution in [0.3, 0.4) is 0 Å². The lowest BCUT2D eigenvalue weighted by atomic mass is 10.1. The van der Waals surface area contributed by atoms with Gasteiger partial charge in [0.1, 0.15) is 0 Å². The van der Waals surface area contributed by atoms with Gasteiger partial charge in [0.05, 0.1) is 11.4 Å². The highest BCUT2D eigenvalue weighted by molar-refractivity contribution is 7.89. The summed E-state index contributed by atoms with van der Waals surface area (Å²) in [7, 11) is -3.76. The minimum atomic E-state index is -3.76. The second-order valence-electron chi connectivity index (χ2n) is 6.26. The summed E-state index contributed by atoms with van der Waals surface area (Å²) < 4.78 is 26.2.